The predicted octanol–water partition coefficient (Wildman–Crippen LogP) is 3.64. The molecular weight excluding hydrogens is 390 g/mol. The molecule has 1 aromatic heterocycles. The number of sulfonamides is 1. The smallest absolute Gasteiger partial charge is 0.274 e. The topological polar surface area (TPSA) is 92.0 Å². The van der Waals surface area contributed by atoms with Gasteiger partial charge in [-0.3, -0.25) is 9.52 Å². The summed E-state index contributed by atoms with van der Waals surface area (Å²) in [6.07, 6.45) is 3.16. The number of hydrazone groups is 1. The fourth-order valence-corrected chi connectivity index (χ4v) is 3.80. The van der Waals surface area contributed by atoms with Gasteiger partial charge >= 0.3 is 0 Å². The zero-order valence-corrected chi connectivity index (χ0v) is 16.5. The number of nitrogens with zero attached hydrogens (tertiary/aromatic N) is 2. The third-order valence-corrected chi connectivity index (χ3v) is 5.14. The average Bonchev–Trinajstić information content (AvgIpc) is 3.37. The van der Waals surface area contributed by atoms with Gasteiger partial charge in [-0.2, -0.15) is 5.10 Å². The minimum absolute atomic E-state index is 0.211. The van der Waals surface area contributed by atoms with Crippen molar-refractivity contribution < 1.29 is 17.6 Å². The first kappa shape index (κ1) is 18.9. The Balaban J connectivity index is 1.65. The van der Waals surface area contributed by atoms with Gasteiger partial charge in [0.1, 0.15) is 11.8 Å². The SMILES string of the molecule is CS(=O)(=O)Nc1ccc(C2=NN(C(=O)c3ccccc3)[C@@H](c3ccco3)C2)cc1. The number of rotatable bonds is 5. The molecule has 0 unspecified atom stereocenters. The van der Waals surface area contributed by atoms with Crippen molar-refractivity contribution in [2.45, 2.75) is 12.5 Å². The molecule has 1 atom stereocenters. The van der Waals surface area contributed by atoms with Crippen LogP contribution in [0.25, 0.3) is 0 Å². The van der Waals surface area contributed by atoms with Gasteiger partial charge in [0.2, 0.25) is 10.0 Å². The van der Waals surface area contributed by atoms with Crippen molar-refractivity contribution in [2.24, 2.45) is 5.10 Å². The Bertz CT molecular complexity index is 1140. The first-order chi connectivity index (χ1) is 13.9. The molecule has 1 amide bonds. The van der Waals surface area contributed by atoms with E-state index in [0.29, 0.717) is 23.4 Å². The molecule has 8 heteroatoms. The Morgan fingerprint density at radius 2 is 1.79 bits per heavy atom. The standard InChI is InChI=1S/C21H19N3O4S/c1-29(26,27)23-17-11-9-15(10-12-17)18-14-19(20-8-5-13-28-20)24(22-18)21(25)16-6-3-2-4-7-16/h2-13,19,23H,14H2,1H3/t19-/m1/s1. The van der Waals surface area contributed by atoms with Crippen LogP contribution in [0.5, 0.6) is 0 Å². The van der Waals surface area contributed by atoms with Crippen molar-refractivity contribution >= 4 is 27.3 Å². The average molecular weight is 409 g/mol. The summed E-state index contributed by atoms with van der Waals surface area (Å²) in [6, 6.07) is 19.1. The van der Waals surface area contributed by atoms with Crippen molar-refractivity contribution in [1.82, 2.24) is 5.01 Å². The summed E-state index contributed by atoms with van der Waals surface area (Å²) in [7, 11) is -3.34. The van der Waals surface area contributed by atoms with Crippen LogP contribution in [0, 0.1) is 0 Å². The molecule has 148 valence electrons. The monoisotopic (exact) mass is 409 g/mol. The molecule has 0 spiro atoms. The summed E-state index contributed by atoms with van der Waals surface area (Å²) in [6.45, 7) is 0. The van der Waals surface area contributed by atoms with Gasteiger partial charge in [-0.1, -0.05) is 30.3 Å². The van der Waals surface area contributed by atoms with E-state index in [-0.39, 0.29) is 11.9 Å². The molecule has 4 rings (SSSR count). The Hall–Kier alpha value is -3.39. The number of amides is 1. The fourth-order valence-electron chi connectivity index (χ4n) is 3.23. The number of furan rings is 1. The summed E-state index contributed by atoms with van der Waals surface area (Å²) in [5.74, 6) is 0.445. The number of hydrogen-bond donors (Lipinski definition) is 1. The minimum atomic E-state index is -3.34. The zero-order chi connectivity index (χ0) is 20.4. The summed E-state index contributed by atoms with van der Waals surface area (Å²) in [5.41, 5.74) is 2.54. The highest BCUT2D eigenvalue weighted by Gasteiger charge is 2.35. The Labute approximate surface area is 168 Å². The first-order valence-corrected chi connectivity index (χ1v) is 10.9. The van der Waals surface area contributed by atoms with Crippen molar-refractivity contribution in [1.29, 1.82) is 0 Å². The highest BCUT2D eigenvalue weighted by atomic mass is 32.2. The van der Waals surface area contributed by atoms with Gasteiger partial charge in [0.05, 0.1) is 18.2 Å². The van der Waals surface area contributed by atoms with Crippen molar-refractivity contribution in [3.05, 3.63) is 89.9 Å². The maximum absolute atomic E-state index is 13.0. The molecule has 0 radical (unpaired) electrons. The van der Waals surface area contributed by atoms with Gasteiger partial charge in [-0.05, 0) is 42.0 Å². The molecule has 3 aromatic rings. The quantitative estimate of drug-likeness (QED) is 0.696. The van der Waals surface area contributed by atoms with Gasteiger partial charge < -0.3 is 4.42 Å². The van der Waals surface area contributed by atoms with Gasteiger partial charge in [-0.15, -0.1) is 0 Å². The van der Waals surface area contributed by atoms with E-state index in [9.17, 15) is 13.2 Å². The number of hydrogen-bond acceptors (Lipinski definition) is 5. The zero-order valence-electron chi connectivity index (χ0n) is 15.6. The number of carbonyl (C=O) groups excluding carboxylic acids is 1. The van der Waals surface area contributed by atoms with E-state index in [1.165, 1.54) is 5.01 Å². The normalized spacial score (nSPS) is 16.5. The van der Waals surface area contributed by atoms with Crippen LogP contribution < -0.4 is 4.72 Å². The van der Waals surface area contributed by atoms with Crippen LogP contribution in [0.2, 0.25) is 0 Å². The maximum atomic E-state index is 13.0. The van der Waals surface area contributed by atoms with Crippen molar-refractivity contribution in [3.63, 3.8) is 0 Å². The van der Waals surface area contributed by atoms with Crippen LogP contribution in [0.15, 0.2) is 82.5 Å². The lowest BCUT2D eigenvalue weighted by Gasteiger charge is -2.19. The van der Waals surface area contributed by atoms with E-state index < -0.39 is 10.0 Å². The minimum Gasteiger partial charge on any atom is -0.467 e. The van der Waals surface area contributed by atoms with E-state index in [1.807, 2.05) is 24.3 Å². The highest BCUT2D eigenvalue weighted by Crippen LogP contribution is 2.34. The Kier molecular flexibility index (Phi) is 4.94. The molecule has 0 fully saturated rings. The number of benzene rings is 2. The molecule has 1 N–H and O–H groups in total. The third kappa shape index (κ3) is 4.22. The lowest BCUT2D eigenvalue weighted by molar-refractivity contribution is 0.0693. The fraction of sp³-hybridized carbons (Fsp3) is 0.143. The van der Waals surface area contributed by atoms with Crippen LogP contribution in [-0.2, 0) is 10.0 Å². The number of nitrogens with one attached hydrogen (secondary N) is 1. The van der Waals surface area contributed by atoms with Gasteiger partial charge in [-0.25, -0.2) is 13.4 Å². The molecule has 2 heterocycles. The molecule has 7 nitrogen and oxygen atoms in total. The van der Waals surface area contributed by atoms with Crippen LogP contribution in [-0.4, -0.2) is 31.3 Å². The van der Waals surface area contributed by atoms with E-state index >= 15 is 0 Å². The lowest BCUT2D eigenvalue weighted by Crippen LogP contribution is -2.26. The van der Waals surface area contributed by atoms with Crippen LogP contribution in [0.3, 0.4) is 0 Å². The van der Waals surface area contributed by atoms with E-state index in [4.69, 9.17) is 4.42 Å². The molecule has 0 saturated heterocycles. The molecule has 0 saturated carbocycles. The summed E-state index contributed by atoms with van der Waals surface area (Å²) in [4.78, 5) is 13.0. The highest BCUT2D eigenvalue weighted by molar-refractivity contribution is 7.92. The maximum Gasteiger partial charge on any atom is 0.274 e. The van der Waals surface area contributed by atoms with Crippen molar-refractivity contribution in [2.75, 3.05) is 11.0 Å². The molecule has 1 aliphatic rings. The third-order valence-electron chi connectivity index (χ3n) is 4.53. The van der Waals surface area contributed by atoms with E-state index in [2.05, 4.69) is 9.82 Å². The van der Waals surface area contributed by atoms with Crippen LogP contribution in [0.4, 0.5) is 5.69 Å². The van der Waals surface area contributed by atoms with Gasteiger partial charge in [0, 0.05) is 17.7 Å². The predicted molar refractivity (Wildman–Crippen MR) is 110 cm³/mol. The Morgan fingerprint density at radius 1 is 1.07 bits per heavy atom. The molecule has 2 aromatic carbocycles. The second-order valence-electron chi connectivity index (χ2n) is 6.75. The molecule has 1 aliphatic heterocycles. The van der Waals surface area contributed by atoms with Crippen LogP contribution in [0.1, 0.15) is 34.1 Å². The molecule has 0 aliphatic carbocycles. The van der Waals surface area contributed by atoms with Crippen molar-refractivity contribution in [3.8, 4) is 0 Å². The second-order valence-corrected chi connectivity index (χ2v) is 8.50. The first-order valence-electron chi connectivity index (χ1n) is 8.98. The van der Waals surface area contributed by atoms with Gasteiger partial charge in [0.25, 0.3) is 5.91 Å². The number of anilines is 1. The van der Waals surface area contributed by atoms with Gasteiger partial charge in [0.15, 0.2) is 0 Å². The molecule has 0 bridgehead atoms. The summed E-state index contributed by atoms with van der Waals surface area (Å²) in [5, 5.41) is 6.03. The van der Waals surface area contributed by atoms with E-state index in [1.54, 1.807) is 48.7 Å². The molecular formula is C21H19N3O4S. The largest absolute Gasteiger partial charge is 0.467 e. The lowest BCUT2D eigenvalue weighted by atomic mass is 10.0. The Morgan fingerprint density at radius 3 is 2.41 bits per heavy atom. The number of carbonyl (C=O) groups is 1. The second kappa shape index (κ2) is 7.56. The summed E-state index contributed by atoms with van der Waals surface area (Å²) >= 11 is 0. The molecule has 29 heavy (non-hydrogen) atoms. The summed E-state index contributed by atoms with van der Waals surface area (Å²) < 4.78 is 30.7. The van der Waals surface area contributed by atoms with Crippen LogP contribution >= 0.6 is 0 Å². The van der Waals surface area contributed by atoms with E-state index in [0.717, 1.165) is 17.5 Å².